The van der Waals surface area contributed by atoms with Crippen LogP contribution in [0, 0.1) is 13.8 Å². The molecule has 0 unspecified atom stereocenters. The molecule has 0 spiro atoms. The van der Waals surface area contributed by atoms with E-state index in [-0.39, 0.29) is 5.91 Å². The van der Waals surface area contributed by atoms with E-state index < -0.39 is 0 Å². The minimum atomic E-state index is 0.247. The number of benzene rings is 1. The molecule has 0 aliphatic heterocycles. The standard InChI is InChI=1S/C20H24N4O/c1-13-18(14(2)23-22-13)6-8-20(25)24(17-4-5-17)12-15-3-7-19-16(11-15)9-10-21-19/h3,7,9-11,17,21H,4-6,8,12H2,1-2H3,(H,22,23). The number of rotatable bonds is 6. The minimum Gasteiger partial charge on any atom is -0.361 e. The summed E-state index contributed by atoms with van der Waals surface area (Å²) < 4.78 is 0. The van der Waals surface area contributed by atoms with Crippen molar-refractivity contribution in [3.05, 3.63) is 53.0 Å². The van der Waals surface area contributed by atoms with Crippen LogP contribution in [0.1, 0.15) is 41.8 Å². The van der Waals surface area contributed by atoms with Crippen molar-refractivity contribution in [2.75, 3.05) is 0 Å². The first-order valence-electron chi connectivity index (χ1n) is 8.98. The molecule has 5 nitrogen and oxygen atoms in total. The molecular formula is C20H24N4O. The average Bonchev–Trinajstić information content (AvgIpc) is 3.25. The van der Waals surface area contributed by atoms with Gasteiger partial charge in [0, 0.05) is 36.4 Å². The zero-order valence-electron chi connectivity index (χ0n) is 14.8. The first-order valence-corrected chi connectivity index (χ1v) is 8.98. The summed E-state index contributed by atoms with van der Waals surface area (Å²) in [6.45, 7) is 4.71. The molecule has 1 fully saturated rings. The molecule has 2 heterocycles. The molecule has 1 aromatic carbocycles. The number of aromatic amines is 2. The fraction of sp³-hybridized carbons (Fsp3) is 0.400. The largest absolute Gasteiger partial charge is 0.361 e. The Morgan fingerprint density at radius 1 is 1.28 bits per heavy atom. The molecule has 1 aliphatic carbocycles. The molecule has 0 saturated heterocycles. The second-order valence-electron chi connectivity index (χ2n) is 7.06. The first-order chi connectivity index (χ1) is 12.1. The molecule has 5 heteroatoms. The van der Waals surface area contributed by atoms with Gasteiger partial charge in [0.05, 0.1) is 5.69 Å². The van der Waals surface area contributed by atoms with Crippen LogP contribution in [0.25, 0.3) is 10.9 Å². The van der Waals surface area contributed by atoms with Gasteiger partial charge in [-0.15, -0.1) is 0 Å². The third-order valence-electron chi connectivity index (χ3n) is 5.15. The number of aryl methyl sites for hydroxylation is 2. The van der Waals surface area contributed by atoms with Crippen LogP contribution in [-0.2, 0) is 17.8 Å². The van der Waals surface area contributed by atoms with Crippen molar-refractivity contribution in [1.82, 2.24) is 20.1 Å². The molecule has 2 aromatic heterocycles. The molecule has 0 radical (unpaired) electrons. The maximum atomic E-state index is 12.8. The van der Waals surface area contributed by atoms with Crippen molar-refractivity contribution >= 4 is 16.8 Å². The Morgan fingerprint density at radius 3 is 2.84 bits per heavy atom. The lowest BCUT2D eigenvalue weighted by atomic mass is 10.1. The number of hydrogen-bond donors (Lipinski definition) is 2. The molecular weight excluding hydrogens is 312 g/mol. The number of nitrogens with one attached hydrogen (secondary N) is 2. The van der Waals surface area contributed by atoms with Gasteiger partial charge in [-0.2, -0.15) is 5.10 Å². The first kappa shape index (κ1) is 15.9. The highest BCUT2D eigenvalue weighted by atomic mass is 16.2. The monoisotopic (exact) mass is 336 g/mol. The van der Waals surface area contributed by atoms with Gasteiger partial charge in [0.1, 0.15) is 0 Å². The number of H-pyrrole nitrogens is 2. The van der Waals surface area contributed by atoms with Crippen molar-refractivity contribution in [1.29, 1.82) is 0 Å². The van der Waals surface area contributed by atoms with Crippen LogP contribution in [0.15, 0.2) is 30.5 Å². The fourth-order valence-electron chi connectivity index (χ4n) is 3.52. The number of carbonyl (C=O) groups is 1. The van der Waals surface area contributed by atoms with Crippen LogP contribution in [0.2, 0.25) is 0 Å². The van der Waals surface area contributed by atoms with E-state index >= 15 is 0 Å². The number of carbonyl (C=O) groups excluding carboxylic acids is 1. The molecule has 3 aromatic rings. The van der Waals surface area contributed by atoms with Gasteiger partial charge in [0.25, 0.3) is 0 Å². The summed E-state index contributed by atoms with van der Waals surface area (Å²) in [5.74, 6) is 0.247. The average molecular weight is 336 g/mol. The lowest BCUT2D eigenvalue weighted by Gasteiger charge is -2.23. The van der Waals surface area contributed by atoms with Crippen molar-refractivity contribution in [3.63, 3.8) is 0 Å². The number of amides is 1. The Balaban J connectivity index is 1.46. The second-order valence-corrected chi connectivity index (χ2v) is 7.06. The van der Waals surface area contributed by atoms with Gasteiger partial charge in [-0.1, -0.05) is 6.07 Å². The van der Waals surface area contributed by atoms with Gasteiger partial charge in [0.2, 0.25) is 5.91 Å². The SMILES string of the molecule is Cc1n[nH]c(C)c1CCC(=O)N(Cc1ccc2[nH]ccc2c1)C1CC1. The van der Waals surface area contributed by atoms with Crippen LogP contribution >= 0.6 is 0 Å². The van der Waals surface area contributed by atoms with Crippen LogP contribution in [0.3, 0.4) is 0 Å². The van der Waals surface area contributed by atoms with Gasteiger partial charge in [0.15, 0.2) is 0 Å². The van der Waals surface area contributed by atoms with E-state index in [1.54, 1.807) is 0 Å². The quantitative estimate of drug-likeness (QED) is 0.722. The summed E-state index contributed by atoms with van der Waals surface area (Å²) in [5, 5.41) is 8.43. The Kier molecular flexibility index (Phi) is 4.07. The predicted molar refractivity (Wildman–Crippen MR) is 98.3 cm³/mol. The zero-order chi connectivity index (χ0) is 17.4. The van der Waals surface area contributed by atoms with E-state index in [0.29, 0.717) is 19.0 Å². The topological polar surface area (TPSA) is 64.8 Å². The van der Waals surface area contributed by atoms with Crippen LogP contribution in [0.5, 0.6) is 0 Å². The molecule has 0 bridgehead atoms. The van der Waals surface area contributed by atoms with Crippen LogP contribution < -0.4 is 0 Å². The lowest BCUT2D eigenvalue weighted by molar-refractivity contribution is -0.132. The predicted octanol–water partition coefficient (Wildman–Crippen LogP) is 3.63. The maximum absolute atomic E-state index is 12.8. The van der Waals surface area contributed by atoms with E-state index in [1.165, 1.54) is 16.5 Å². The number of fused-ring (bicyclic) bond motifs is 1. The maximum Gasteiger partial charge on any atom is 0.223 e. The Hall–Kier alpha value is -2.56. The summed E-state index contributed by atoms with van der Waals surface area (Å²) in [6, 6.07) is 8.89. The molecule has 1 amide bonds. The normalized spacial score (nSPS) is 14.2. The van der Waals surface area contributed by atoms with Crippen LogP contribution in [-0.4, -0.2) is 32.0 Å². The third-order valence-corrected chi connectivity index (χ3v) is 5.15. The van der Waals surface area contributed by atoms with Gasteiger partial charge in [-0.05, 0) is 67.8 Å². The second kappa shape index (κ2) is 6.39. The Labute approximate surface area is 147 Å². The summed E-state index contributed by atoms with van der Waals surface area (Å²) in [4.78, 5) is 18.1. The molecule has 2 N–H and O–H groups in total. The van der Waals surface area contributed by atoms with Gasteiger partial charge >= 0.3 is 0 Å². The Morgan fingerprint density at radius 2 is 2.12 bits per heavy atom. The van der Waals surface area contributed by atoms with E-state index in [0.717, 1.165) is 36.2 Å². The molecule has 0 atom stereocenters. The highest BCUT2D eigenvalue weighted by molar-refractivity contribution is 5.80. The number of nitrogens with zero attached hydrogens (tertiary/aromatic N) is 2. The fourth-order valence-corrected chi connectivity index (χ4v) is 3.52. The van der Waals surface area contributed by atoms with Gasteiger partial charge in [-0.3, -0.25) is 9.89 Å². The number of hydrogen-bond acceptors (Lipinski definition) is 2. The van der Waals surface area contributed by atoms with Crippen LogP contribution in [0.4, 0.5) is 0 Å². The highest BCUT2D eigenvalue weighted by Crippen LogP contribution is 2.30. The van der Waals surface area contributed by atoms with Gasteiger partial charge in [-0.25, -0.2) is 0 Å². The third kappa shape index (κ3) is 3.31. The van der Waals surface area contributed by atoms with Crippen molar-refractivity contribution in [2.24, 2.45) is 0 Å². The lowest BCUT2D eigenvalue weighted by Crippen LogP contribution is -2.32. The summed E-state index contributed by atoms with van der Waals surface area (Å²) in [7, 11) is 0. The van der Waals surface area contributed by atoms with E-state index in [2.05, 4.69) is 44.3 Å². The molecule has 1 saturated carbocycles. The molecule has 1 aliphatic rings. The summed E-state index contributed by atoms with van der Waals surface area (Å²) in [5.41, 5.74) is 5.59. The molecule has 4 rings (SSSR count). The molecule has 130 valence electrons. The summed E-state index contributed by atoms with van der Waals surface area (Å²) in [6.07, 6.45) is 5.51. The summed E-state index contributed by atoms with van der Waals surface area (Å²) >= 11 is 0. The highest BCUT2D eigenvalue weighted by Gasteiger charge is 2.32. The van der Waals surface area contributed by atoms with Gasteiger partial charge < -0.3 is 9.88 Å². The minimum absolute atomic E-state index is 0.247. The van der Waals surface area contributed by atoms with Crippen molar-refractivity contribution in [2.45, 2.75) is 52.1 Å². The van der Waals surface area contributed by atoms with E-state index in [9.17, 15) is 4.79 Å². The molecule has 25 heavy (non-hydrogen) atoms. The van der Waals surface area contributed by atoms with E-state index in [1.807, 2.05) is 20.0 Å². The number of aromatic nitrogens is 3. The van der Waals surface area contributed by atoms with Crippen molar-refractivity contribution in [3.8, 4) is 0 Å². The van der Waals surface area contributed by atoms with Crippen molar-refractivity contribution < 1.29 is 4.79 Å². The Bertz CT molecular complexity index is 884. The zero-order valence-corrected chi connectivity index (χ0v) is 14.8. The smallest absolute Gasteiger partial charge is 0.223 e. The van der Waals surface area contributed by atoms with E-state index in [4.69, 9.17) is 0 Å².